The summed E-state index contributed by atoms with van der Waals surface area (Å²) in [6.45, 7) is 7.92. The molecular formula is C14H22O4. The fourth-order valence-corrected chi connectivity index (χ4v) is 2.47. The second kappa shape index (κ2) is 6.57. The van der Waals surface area contributed by atoms with Crippen LogP contribution in [0.2, 0.25) is 0 Å². The van der Waals surface area contributed by atoms with Crippen molar-refractivity contribution in [2.45, 2.75) is 33.1 Å². The lowest BCUT2D eigenvalue weighted by Crippen LogP contribution is -2.39. The number of aliphatic carboxylic acids is 1. The summed E-state index contributed by atoms with van der Waals surface area (Å²) in [4.78, 5) is 23.3. The van der Waals surface area contributed by atoms with E-state index >= 15 is 0 Å². The molecule has 3 unspecified atom stereocenters. The molecule has 1 rings (SSSR count). The van der Waals surface area contributed by atoms with Gasteiger partial charge in [-0.1, -0.05) is 26.3 Å². The van der Waals surface area contributed by atoms with Gasteiger partial charge in [0.1, 0.15) is 0 Å². The minimum Gasteiger partial charge on any atom is -0.481 e. The van der Waals surface area contributed by atoms with Gasteiger partial charge in [-0.3, -0.25) is 9.59 Å². The molecule has 0 heterocycles. The average molecular weight is 254 g/mol. The van der Waals surface area contributed by atoms with Gasteiger partial charge in [-0.05, 0) is 24.7 Å². The van der Waals surface area contributed by atoms with E-state index < -0.39 is 17.8 Å². The number of hydrogen-bond acceptors (Lipinski definition) is 3. The highest BCUT2D eigenvalue weighted by Crippen LogP contribution is 2.36. The van der Waals surface area contributed by atoms with Gasteiger partial charge < -0.3 is 9.84 Å². The number of ether oxygens (including phenoxy) is 1. The van der Waals surface area contributed by atoms with Crippen LogP contribution in [0.5, 0.6) is 0 Å². The molecule has 0 aromatic carbocycles. The maximum absolute atomic E-state index is 12.0. The first-order chi connectivity index (χ1) is 8.47. The van der Waals surface area contributed by atoms with Crippen molar-refractivity contribution in [1.29, 1.82) is 0 Å². The Labute approximate surface area is 108 Å². The Morgan fingerprint density at radius 1 is 1.44 bits per heavy atom. The molecule has 4 heteroatoms. The molecule has 0 aliphatic heterocycles. The maximum atomic E-state index is 12.0. The predicted molar refractivity (Wildman–Crippen MR) is 68.0 cm³/mol. The summed E-state index contributed by atoms with van der Waals surface area (Å²) < 4.78 is 5.18. The molecule has 1 N–H and O–H groups in total. The van der Waals surface area contributed by atoms with E-state index in [-0.39, 0.29) is 17.8 Å². The van der Waals surface area contributed by atoms with Crippen LogP contribution >= 0.6 is 0 Å². The van der Waals surface area contributed by atoms with Gasteiger partial charge in [0, 0.05) is 0 Å². The van der Waals surface area contributed by atoms with Crippen LogP contribution < -0.4 is 0 Å². The molecule has 0 bridgehead atoms. The summed E-state index contributed by atoms with van der Waals surface area (Å²) in [5, 5.41) is 9.28. The minimum absolute atomic E-state index is 0.132. The molecule has 0 aromatic rings. The van der Waals surface area contributed by atoms with E-state index in [4.69, 9.17) is 4.74 Å². The molecule has 4 nitrogen and oxygen atoms in total. The van der Waals surface area contributed by atoms with Crippen molar-refractivity contribution in [1.82, 2.24) is 0 Å². The molecule has 18 heavy (non-hydrogen) atoms. The highest BCUT2D eigenvalue weighted by Gasteiger charge is 2.41. The van der Waals surface area contributed by atoms with Gasteiger partial charge in [-0.15, -0.1) is 6.58 Å². The van der Waals surface area contributed by atoms with Crippen molar-refractivity contribution in [3.8, 4) is 0 Å². The summed E-state index contributed by atoms with van der Waals surface area (Å²) in [6, 6.07) is 0. The van der Waals surface area contributed by atoms with Crippen LogP contribution in [-0.2, 0) is 14.3 Å². The number of carboxylic acid groups (broad SMARTS) is 1. The lowest BCUT2D eigenvalue weighted by molar-refractivity contribution is -0.162. The fraction of sp³-hybridized carbons (Fsp3) is 0.714. The molecule has 0 aromatic heterocycles. The topological polar surface area (TPSA) is 63.6 Å². The normalized spacial score (nSPS) is 27.8. The third-order valence-electron chi connectivity index (χ3n) is 3.40. The highest BCUT2D eigenvalue weighted by atomic mass is 16.5. The molecule has 0 spiro atoms. The van der Waals surface area contributed by atoms with E-state index in [1.807, 2.05) is 13.8 Å². The zero-order valence-electron chi connectivity index (χ0n) is 11.1. The summed E-state index contributed by atoms with van der Waals surface area (Å²) in [7, 11) is 0. The SMILES string of the molecule is C=CC1CCCC(C(=O)OCC(C)C)C1C(=O)O. The first kappa shape index (κ1) is 14.7. The van der Waals surface area contributed by atoms with Crippen molar-refractivity contribution in [2.75, 3.05) is 6.61 Å². The van der Waals surface area contributed by atoms with Crippen LogP contribution in [0.4, 0.5) is 0 Å². The molecule has 1 fully saturated rings. The van der Waals surface area contributed by atoms with Crippen LogP contribution in [0.25, 0.3) is 0 Å². The van der Waals surface area contributed by atoms with Gasteiger partial charge in [-0.25, -0.2) is 0 Å². The molecule has 0 saturated heterocycles. The van der Waals surface area contributed by atoms with Gasteiger partial charge in [0.15, 0.2) is 0 Å². The number of esters is 1. The van der Waals surface area contributed by atoms with E-state index in [0.29, 0.717) is 13.0 Å². The number of rotatable bonds is 5. The predicted octanol–water partition coefficient (Wildman–Crippen LogP) is 2.49. The monoisotopic (exact) mass is 254 g/mol. The van der Waals surface area contributed by atoms with Crippen LogP contribution in [0, 0.1) is 23.7 Å². The highest BCUT2D eigenvalue weighted by molar-refractivity contribution is 5.81. The molecular weight excluding hydrogens is 232 g/mol. The quantitative estimate of drug-likeness (QED) is 0.604. The van der Waals surface area contributed by atoms with Crippen molar-refractivity contribution >= 4 is 11.9 Å². The minimum atomic E-state index is -0.925. The van der Waals surface area contributed by atoms with Crippen LogP contribution in [-0.4, -0.2) is 23.7 Å². The summed E-state index contributed by atoms with van der Waals surface area (Å²) in [6.07, 6.45) is 3.88. The lowest BCUT2D eigenvalue weighted by atomic mass is 9.72. The van der Waals surface area contributed by atoms with Gasteiger partial charge in [0.25, 0.3) is 0 Å². The van der Waals surface area contributed by atoms with Gasteiger partial charge >= 0.3 is 11.9 Å². The molecule has 1 saturated carbocycles. The van der Waals surface area contributed by atoms with Crippen molar-refractivity contribution in [3.05, 3.63) is 12.7 Å². The number of carboxylic acids is 1. The summed E-state index contributed by atoms with van der Waals surface area (Å²) in [5.74, 6) is -2.38. The van der Waals surface area contributed by atoms with Crippen molar-refractivity contribution < 1.29 is 19.4 Å². The standard InChI is InChI=1S/C14H22O4/c1-4-10-6-5-7-11(12(10)13(15)16)14(17)18-8-9(2)3/h4,9-12H,1,5-8H2,2-3H3,(H,15,16). The molecule has 1 aliphatic rings. The van der Waals surface area contributed by atoms with Gasteiger partial charge in [0.2, 0.25) is 0 Å². The summed E-state index contributed by atoms with van der Waals surface area (Å²) in [5.41, 5.74) is 0. The molecule has 102 valence electrons. The number of carbonyl (C=O) groups excluding carboxylic acids is 1. The number of allylic oxidation sites excluding steroid dienone is 1. The Kier molecular flexibility index (Phi) is 5.38. The largest absolute Gasteiger partial charge is 0.481 e. The van der Waals surface area contributed by atoms with E-state index in [2.05, 4.69) is 6.58 Å². The van der Waals surface area contributed by atoms with Gasteiger partial charge in [-0.2, -0.15) is 0 Å². The molecule has 1 aliphatic carbocycles. The third kappa shape index (κ3) is 3.59. The van der Waals surface area contributed by atoms with E-state index in [1.165, 1.54) is 0 Å². The Balaban J connectivity index is 2.73. The first-order valence-electron chi connectivity index (χ1n) is 6.49. The summed E-state index contributed by atoms with van der Waals surface area (Å²) >= 11 is 0. The molecule has 0 amide bonds. The molecule has 3 atom stereocenters. The number of hydrogen-bond donors (Lipinski definition) is 1. The van der Waals surface area contributed by atoms with E-state index in [1.54, 1.807) is 6.08 Å². The molecule has 0 radical (unpaired) electrons. The van der Waals surface area contributed by atoms with E-state index in [0.717, 1.165) is 12.8 Å². The van der Waals surface area contributed by atoms with Crippen LogP contribution in [0.15, 0.2) is 12.7 Å². The smallest absolute Gasteiger partial charge is 0.309 e. The Bertz CT molecular complexity index is 322. The second-order valence-electron chi connectivity index (χ2n) is 5.32. The lowest BCUT2D eigenvalue weighted by Gasteiger charge is -2.32. The Morgan fingerprint density at radius 2 is 2.11 bits per heavy atom. The van der Waals surface area contributed by atoms with E-state index in [9.17, 15) is 14.7 Å². The third-order valence-corrected chi connectivity index (χ3v) is 3.40. The van der Waals surface area contributed by atoms with Crippen LogP contribution in [0.3, 0.4) is 0 Å². The van der Waals surface area contributed by atoms with Crippen molar-refractivity contribution in [3.63, 3.8) is 0 Å². The zero-order chi connectivity index (χ0) is 13.7. The Hall–Kier alpha value is -1.32. The average Bonchev–Trinajstić information content (AvgIpc) is 2.34. The zero-order valence-corrected chi connectivity index (χ0v) is 11.1. The first-order valence-corrected chi connectivity index (χ1v) is 6.49. The fourth-order valence-electron chi connectivity index (χ4n) is 2.47. The van der Waals surface area contributed by atoms with Gasteiger partial charge in [0.05, 0.1) is 18.4 Å². The van der Waals surface area contributed by atoms with Crippen molar-refractivity contribution in [2.24, 2.45) is 23.7 Å². The second-order valence-corrected chi connectivity index (χ2v) is 5.32. The number of carbonyl (C=O) groups is 2. The van der Waals surface area contributed by atoms with Crippen LogP contribution in [0.1, 0.15) is 33.1 Å². The maximum Gasteiger partial charge on any atom is 0.309 e. The Morgan fingerprint density at radius 3 is 2.61 bits per heavy atom.